The van der Waals surface area contributed by atoms with E-state index >= 15 is 0 Å². The molecule has 0 fully saturated rings. The fourth-order valence-electron chi connectivity index (χ4n) is 2.50. The van der Waals surface area contributed by atoms with E-state index in [4.69, 9.17) is 0 Å². The summed E-state index contributed by atoms with van der Waals surface area (Å²) in [5, 5.41) is 4.02. The number of pyridine rings is 1. The number of benzene rings is 1. The van der Waals surface area contributed by atoms with E-state index in [-0.39, 0.29) is 5.82 Å². The van der Waals surface area contributed by atoms with Crippen LogP contribution in [0, 0.1) is 19.7 Å². The number of nitrogens with zero attached hydrogens (tertiary/aromatic N) is 1. The van der Waals surface area contributed by atoms with Crippen LogP contribution in [0.25, 0.3) is 10.9 Å². The van der Waals surface area contributed by atoms with E-state index < -0.39 is 0 Å². The molecule has 0 unspecified atom stereocenters. The Bertz CT molecular complexity index is 605. The molecule has 1 aromatic heterocycles. The van der Waals surface area contributed by atoms with E-state index in [1.165, 1.54) is 6.07 Å². The Kier molecular flexibility index (Phi) is 4.03. The SMILES string of the molecule is CCCNc1c(CC)c(C)nc2c(C)ccc(F)c12. The van der Waals surface area contributed by atoms with E-state index in [1.54, 1.807) is 6.07 Å². The van der Waals surface area contributed by atoms with Crippen molar-refractivity contribution in [2.75, 3.05) is 11.9 Å². The molecular weight excluding hydrogens is 239 g/mol. The molecule has 0 aliphatic carbocycles. The maximum Gasteiger partial charge on any atom is 0.134 e. The molecule has 2 rings (SSSR count). The van der Waals surface area contributed by atoms with Gasteiger partial charge in [0.1, 0.15) is 5.82 Å². The van der Waals surface area contributed by atoms with Gasteiger partial charge in [0.05, 0.1) is 16.6 Å². The van der Waals surface area contributed by atoms with Gasteiger partial charge in [-0.25, -0.2) is 4.39 Å². The predicted octanol–water partition coefficient (Wildman–Crippen LogP) is 4.38. The predicted molar refractivity (Wildman–Crippen MR) is 79.3 cm³/mol. The van der Waals surface area contributed by atoms with Crippen molar-refractivity contribution in [2.45, 2.75) is 40.5 Å². The highest BCUT2D eigenvalue weighted by Crippen LogP contribution is 2.32. The zero-order chi connectivity index (χ0) is 14.0. The molecule has 0 spiro atoms. The molecule has 0 aliphatic rings. The summed E-state index contributed by atoms with van der Waals surface area (Å²) in [5.74, 6) is -0.193. The van der Waals surface area contributed by atoms with Gasteiger partial charge in [-0.2, -0.15) is 0 Å². The number of hydrogen-bond acceptors (Lipinski definition) is 2. The smallest absolute Gasteiger partial charge is 0.134 e. The number of aromatic nitrogens is 1. The molecule has 0 aliphatic heterocycles. The third kappa shape index (κ3) is 2.42. The van der Waals surface area contributed by atoms with Crippen LogP contribution in [0.2, 0.25) is 0 Å². The lowest BCUT2D eigenvalue weighted by Crippen LogP contribution is -2.08. The molecule has 0 amide bonds. The number of aryl methyl sites for hydroxylation is 2. The zero-order valence-corrected chi connectivity index (χ0v) is 12.1. The molecular formula is C16H21FN2. The topological polar surface area (TPSA) is 24.9 Å². The molecule has 0 bridgehead atoms. The van der Waals surface area contributed by atoms with Gasteiger partial charge in [-0.3, -0.25) is 4.98 Å². The number of anilines is 1. The molecule has 102 valence electrons. The number of nitrogens with one attached hydrogen (secondary N) is 1. The van der Waals surface area contributed by atoms with Crippen molar-refractivity contribution in [1.29, 1.82) is 0 Å². The first-order chi connectivity index (χ1) is 9.10. The number of rotatable bonds is 4. The van der Waals surface area contributed by atoms with Crippen molar-refractivity contribution < 1.29 is 4.39 Å². The van der Waals surface area contributed by atoms with Gasteiger partial charge in [-0.05, 0) is 43.9 Å². The Morgan fingerprint density at radius 2 is 1.95 bits per heavy atom. The van der Waals surface area contributed by atoms with E-state index in [0.717, 1.165) is 47.4 Å². The van der Waals surface area contributed by atoms with Crippen LogP contribution in [0.5, 0.6) is 0 Å². The Morgan fingerprint density at radius 3 is 2.58 bits per heavy atom. The molecule has 0 atom stereocenters. The minimum atomic E-state index is -0.193. The van der Waals surface area contributed by atoms with E-state index in [0.29, 0.717) is 5.39 Å². The molecule has 19 heavy (non-hydrogen) atoms. The van der Waals surface area contributed by atoms with E-state index in [2.05, 4.69) is 24.1 Å². The normalized spacial score (nSPS) is 11.0. The Balaban J connectivity index is 2.80. The lowest BCUT2D eigenvalue weighted by molar-refractivity contribution is 0.639. The van der Waals surface area contributed by atoms with Crippen LogP contribution >= 0.6 is 0 Å². The average molecular weight is 260 g/mol. The summed E-state index contributed by atoms with van der Waals surface area (Å²) in [5.41, 5.74) is 4.82. The molecule has 3 heteroatoms. The van der Waals surface area contributed by atoms with Crippen molar-refractivity contribution in [3.8, 4) is 0 Å². The third-order valence-electron chi connectivity index (χ3n) is 3.50. The second kappa shape index (κ2) is 5.55. The summed E-state index contributed by atoms with van der Waals surface area (Å²) in [4.78, 5) is 4.60. The molecule has 0 radical (unpaired) electrons. The van der Waals surface area contributed by atoms with Gasteiger partial charge < -0.3 is 5.32 Å². The summed E-state index contributed by atoms with van der Waals surface area (Å²) in [6, 6.07) is 3.32. The summed E-state index contributed by atoms with van der Waals surface area (Å²) in [6.07, 6.45) is 1.87. The molecule has 2 aromatic rings. The molecule has 1 heterocycles. The minimum Gasteiger partial charge on any atom is -0.384 e. The van der Waals surface area contributed by atoms with Gasteiger partial charge >= 0.3 is 0 Å². The van der Waals surface area contributed by atoms with Crippen LogP contribution < -0.4 is 5.32 Å². The average Bonchev–Trinajstić information content (AvgIpc) is 2.40. The molecule has 2 nitrogen and oxygen atoms in total. The van der Waals surface area contributed by atoms with Crippen molar-refractivity contribution in [2.24, 2.45) is 0 Å². The van der Waals surface area contributed by atoms with Crippen molar-refractivity contribution in [1.82, 2.24) is 4.98 Å². The highest BCUT2D eigenvalue weighted by molar-refractivity contribution is 5.95. The van der Waals surface area contributed by atoms with Gasteiger partial charge in [0.25, 0.3) is 0 Å². The summed E-state index contributed by atoms with van der Waals surface area (Å²) in [6.45, 7) is 9.01. The third-order valence-corrected chi connectivity index (χ3v) is 3.50. The maximum absolute atomic E-state index is 14.2. The van der Waals surface area contributed by atoms with Crippen LogP contribution in [0.3, 0.4) is 0 Å². The molecule has 1 N–H and O–H groups in total. The Morgan fingerprint density at radius 1 is 1.21 bits per heavy atom. The Labute approximate surface area is 114 Å². The van der Waals surface area contributed by atoms with Crippen molar-refractivity contribution >= 4 is 16.6 Å². The van der Waals surface area contributed by atoms with Crippen LogP contribution in [0.15, 0.2) is 12.1 Å². The van der Waals surface area contributed by atoms with Gasteiger partial charge in [0.15, 0.2) is 0 Å². The largest absolute Gasteiger partial charge is 0.384 e. The highest BCUT2D eigenvalue weighted by Gasteiger charge is 2.15. The quantitative estimate of drug-likeness (QED) is 0.882. The molecule has 0 saturated heterocycles. The van der Waals surface area contributed by atoms with Crippen molar-refractivity contribution in [3.05, 3.63) is 34.8 Å². The molecule has 0 saturated carbocycles. The zero-order valence-electron chi connectivity index (χ0n) is 12.1. The minimum absolute atomic E-state index is 0.193. The highest BCUT2D eigenvalue weighted by atomic mass is 19.1. The van der Waals surface area contributed by atoms with Crippen LogP contribution in [0.1, 0.15) is 37.1 Å². The van der Waals surface area contributed by atoms with Gasteiger partial charge in [0, 0.05) is 12.2 Å². The van der Waals surface area contributed by atoms with Crippen LogP contribution in [-0.4, -0.2) is 11.5 Å². The summed E-state index contributed by atoms with van der Waals surface area (Å²) >= 11 is 0. The van der Waals surface area contributed by atoms with Gasteiger partial charge in [0.2, 0.25) is 0 Å². The first-order valence-corrected chi connectivity index (χ1v) is 6.92. The Hall–Kier alpha value is -1.64. The maximum atomic E-state index is 14.2. The van der Waals surface area contributed by atoms with Gasteiger partial charge in [-0.1, -0.05) is 19.9 Å². The first-order valence-electron chi connectivity index (χ1n) is 6.92. The van der Waals surface area contributed by atoms with Crippen molar-refractivity contribution in [3.63, 3.8) is 0 Å². The van der Waals surface area contributed by atoms with Crippen LogP contribution in [-0.2, 0) is 6.42 Å². The first kappa shape index (κ1) is 13.8. The summed E-state index contributed by atoms with van der Waals surface area (Å²) in [7, 11) is 0. The lowest BCUT2D eigenvalue weighted by atomic mass is 10.0. The number of halogens is 1. The monoisotopic (exact) mass is 260 g/mol. The van der Waals surface area contributed by atoms with Gasteiger partial charge in [-0.15, -0.1) is 0 Å². The fraction of sp³-hybridized carbons (Fsp3) is 0.438. The standard InChI is InChI=1S/C16H21FN2/c1-5-9-18-16-12(6-2)11(4)19-15-10(3)7-8-13(17)14(15)16/h7-8H,5-6,9H2,1-4H3,(H,18,19). The van der Waals surface area contributed by atoms with Crippen LogP contribution in [0.4, 0.5) is 10.1 Å². The molecule has 1 aromatic carbocycles. The number of fused-ring (bicyclic) bond motifs is 1. The summed E-state index contributed by atoms with van der Waals surface area (Å²) < 4.78 is 14.2. The number of hydrogen-bond donors (Lipinski definition) is 1. The second-order valence-corrected chi connectivity index (χ2v) is 4.92. The second-order valence-electron chi connectivity index (χ2n) is 4.92. The van der Waals surface area contributed by atoms with E-state index in [1.807, 2.05) is 13.8 Å². The fourth-order valence-corrected chi connectivity index (χ4v) is 2.50. The lowest BCUT2D eigenvalue weighted by Gasteiger charge is -2.17. The van der Waals surface area contributed by atoms with E-state index in [9.17, 15) is 4.39 Å².